The molecule has 0 unspecified atom stereocenters. The Morgan fingerprint density at radius 1 is 1.45 bits per heavy atom. The van der Waals surface area contributed by atoms with Crippen molar-refractivity contribution in [3.8, 4) is 11.5 Å². The molecule has 0 saturated heterocycles. The molecule has 20 heavy (non-hydrogen) atoms. The molecule has 1 aliphatic heterocycles. The third-order valence-corrected chi connectivity index (χ3v) is 2.69. The minimum Gasteiger partial charge on any atom is -0.461 e. The van der Waals surface area contributed by atoms with Gasteiger partial charge in [-0.05, 0) is 12.1 Å². The molecule has 2 aromatic heterocycles. The zero-order valence-electron chi connectivity index (χ0n) is 10.5. The maximum Gasteiger partial charge on any atom is 0.273 e. The number of rotatable bonds is 5. The predicted molar refractivity (Wildman–Crippen MR) is 68.7 cm³/mol. The van der Waals surface area contributed by atoms with Crippen LogP contribution in [-0.4, -0.2) is 29.2 Å². The molecule has 0 fully saturated rings. The molecule has 8 nitrogen and oxygen atoms in total. The molecule has 8 heteroatoms. The fraction of sp³-hybridized carbons (Fsp3) is 0.167. The maximum absolute atomic E-state index is 11.9. The lowest BCUT2D eigenvalue weighted by atomic mass is 10.3. The van der Waals surface area contributed by atoms with Gasteiger partial charge in [0, 0.05) is 25.0 Å². The molecular formula is C12H13N5O3. The summed E-state index contributed by atoms with van der Waals surface area (Å²) in [6.45, 7) is 1.10. The van der Waals surface area contributed by atoms with E-state index in [0.29, 0.717) is 24.6 Å². The number of nitrogens with one attached hydrogen (secondary N) is 3. The molecular weight excluding hydrogens is 262 g/mol. The second kappa shape index (κ2) is 5.49. The first-order valence-corrected chi connectivity index (χ1v) is 6.06. The van der Waals surface area contributed by atoms with Crippen molar-refractivity contribution in [2.24, 2.45) is 0 Å². The molecule has 3 heterocycles. The van der Waals surface area contributed by atoms with Gasteiger partial charge in [0.1, 0.15) is 0 Å². The van der Waals surface area contributed by atoms with Crippen LogP contribution in [0.15, 0.2) is 45.8 Å². The van der Waals surface area contributed by atoms with Gasteiger partial charge in [-0.3, -0.25) is 9.80 Å². The molecule has 1 aliphatic rings. The van der Waals surface area contributed by atoms with Crippen LogP contribution in [0.5, 0.6) is 0 Å². The smallest absolute Gasteiger partial charge is 0.273 e. The van der Waals surface area contributed by atoms with Crippen LogP contribution in [0.25, 0.3) is 11.5 Å². The molecule has 1 amide bonds. The number of nitrogens with zero attached hydrogens (tertiary/aromatic N) is 2. The van der Waals surface area contributed by atoms with Crippen LogP contribution in [0, 0.1) is 0 Å². The Hall–Kier alpha value is -2.74. The highest BCUT2D eigenvalue weighted by Gasteiger charge is 2.15. The monoisotopic (exact) mass is 275 g/mol. The fourth-order valence-electron chi connectivity index (χ4n) is 1.71. The SMILES string of the molecule is O=C(NCCN1C=CNN1)c1cc(-c2ccco2)on1. The summed E-state index contributed by atoms with van der Waals surface area (Å²) in [5.41, 5.74) is 5.89. The Kier molecular flexibility index (Phi) is 3.38. The predicted octanol–water partition coefficient (Wildman–Crippen LogP) is 0.460. The van der Waals surface area contributed by atoms with Crippen molar-refractivity contribution >= 4 is 5.91 Å². The fourth-order valence-corrected chi connectivity index (χ4v) is 1.71. The lowest BCUT2D eigenvalue weighted by Gasteiger charge is -2.14. The lowest BCUT2D eigenvalue weighted by molar-refractivity contribution is 0.0939. The molecule has 0 bridgehead atoms. The highest BCUT2D eigenvalue weighted by molar-refractivity contribution is 5.92. The number of carbonyl (C=O) groups is 1. The number of hydrazine groups is 2. The van der Waals surface area contributed by atoms with Crippen LogP contribution in [-0.2, 0) is 0 Å². The van der Waals surface area contributed by atoms with Gasteiger partial charge in [0.25, 0.3) is 5.91 Å². The van der Waals surface area contributed by atoms with Crippen molar-refractivity contribution in [2.45, 2.75) is 0 Å². The zero-order chi connectivity index (χ0) is 13.8. The Bertz CT molecular complexity index is 604. The Labute approximate surface area is 114 Å². The van der Waals surface area contributed by atoms with Crippen LogP contribution < -0.4 is 16.3 Å². The largest absolute Gasteiger partial charge is 0.461 e. The van der Waals surface area contributed by atoms with Crippen molar-refractivity contribution in [2.75, 3.05) is 13.1 Å². The Morgan fingerprint density at radius 3 is 3.15 bits per heavy atom. The van der Waals surface area contributed by atoms with Gasteiger partial charge in [0.2, 0.25) is 5.76 Å². The van der Waals surface area contributed by atoms with E-state index in [2.05, 4.69) is 21.4 Å². The second-order valence-corrected chi connectivity index (χ2v) is 4.07. The number of furan rings is 1. The summed E-state index contributed by atoms with van der Waals surface area (Å²) in [4.78, 5) is 11.9. The molecule has 0 spiro atoms. The molecule has 0 aromatic carbocycles. The van der Waals surface area contributed by atoms with E-state index in [1.54, 1.807) is 29.4 Å². The van der Waals surface area contributed by atoms with E-state index in [0.717, 1.165) is 0 Å². The second-order valence-electron chi connectivity index (χ2n) is 4.07. The van der Waals surface area contributed by atoms with Gasteiger partial charge in [-0.2, -0.15) is 0 Å². The van der Waals surface area contributed by atoms with Crippen LogP contribution in [0.4, 0.5) is 0 Å². The standard InChI is InChI=1S/C12H13N5O3/c18-12(13-3-5-17-6-4-14-16-17)9-8-11(20-15-9)10-2-1-7-19-10/h1-2,4,6-8,14,16H,3,5H2,(H,13,18). The first kappa shape index (κ1) is 12.3. The number of aromatic nitrogens is 1. The summed E-state index contributed by atoms with van der Waals surface area (Å²) in [7, 11) is 0. The maximum atomic E-state index is 11.9. The highest BCUT2D eigenvalue weighted by atomic mass is 16.5. The number of carbonyl (C=O) groups excluding carboxylic acids is 1. The first-order chi connectivity index (χ1) is 9.83. The Balaban J connectivity index is 1.53. The van der Waals surface area contributed by atoms with Gasteiger partial charge in [0.05, 0.1) is 12.8 Å². The van der Waals surface area contributed by atoms with Gasteiger partial charge in [0.15, 0.2) is 11.5 Å². The normalized spacial score (nSPS) is 13.5. The van der Waals surface area contributed by atoms with Crippen molar-refractivity contribution in [3.63, 3.8) is 0 Å². The van der Waals surface area contributed by atoms with Crippen LogP contribution in [0.2, 0.25) is 0 Å². The van der Waals surface area contributed by atoms with E-state index >= 15 is 0 Å². The summed E-state index contributed by atoms with van der Waals surface area (Å²) in [5, 5.41) is 8.27. The third-order valence-electron chi connectivity index (χ3n) is 2.69. The van der Waals surface area contributed by atoms with Gasteiger partial charge >= 0.3 is 0 Å². The first-order valence-electron chi connectivity index (χ1n) is 6.06. The van der Waals surface area contributed by atoms with Crippen molar-refractivity contribution < 1.29 is 13.7 Å². The molecule has 0 aliphatic carbocycles. The average Bonchev–Trinajstić information content (AvgIpc) is 3.20. The summed E-state index contributed by atoms with van der Waals surface area (Å²) >= 11 is 0. The molecule has 104 valence electrons. The molecule has 0 saturated carbocycles. The number of hydrogen-bond acceptors (Lipinski definition) is 7. The minimum absolute atomic E-state index is 0.222. The van der Waals surface area contributed by atoms with E-state index in [1.165, 1.54) is 6.26 Å². The number of hydrogen-bond donors (Lipinski definition) is 3. The van der Waals surface area contributed by atoms with Crippen molar-refractivity contribution in [1.82, 2.24) is 26.4 Å². The lowest BCUT2D eigenvalue weighted by Crippen LogP contribution is -2.40. The van der Waals surface area contributed by atoms with Gasteiger partial charge < -0.3 is 19.7 Å². The van der Waals surface area contributed by atoms with E-state index in [4.69, 9.17) is 8.94 Å². The van der Waals surface area contributed by atoms with E-state index in [9.17, 15) is 4.79 Å². The molecule has 0 atom stereocenters. The zero-order valence-corrected chi connectivity index (χ0v) is 10.5. The van der Waals surface area contributed by atoms with E-state index in [1.807, 2.05) is 6.20 Å². The molecule has 3 N–H and O–H groups in total. The van der Waals surface area contributed by atoms with E-state index < -0.39 is 0 Å². The minimum atomic E-state index is -0.289. The number of amides is 1. The summed E-state index contributed by atoms with van der Waals surface area (Å²) in [6.07, 6.45) is 5.12. The van der Waals surface area contributed by atoms with Crippen LogP contribution in [0.3, 0.4) is 0 Å². The topological polar surface area (TPSA) is 95.6 Å². The van der Waals surface area contributed by atoms with Crippen LogP contribution in [0.1, 0.15) is 10.5 Å². The highest BCUT2D eigenvalue weighted by Crippen LogP contribution is 2.20. The third kappa shape index (κ3) is 2.64. The van der Waals surface area contributed by atoms with Crippen molar-refractivity contribution in [1.29, 1.82) is 0 Å². The Morgan fingerprint density at radius 2 is 2.40 bits per heavy atom. The van der Waals surface area contributed by atoms with Gasteiger partial charge in [-0.25, -0.2) is 0 Å². The summed E-state index contributed by atoms with van der Waals surface area (Å²) in [6, 6.07) is 5.02. The van der Waals surface area contributed by atoms with Crippen molar-refractivity contribution in [3.05, 3.63) is 42.6 Å². The summed E-state index contributed by atoms with van der Waals surface area (Å²) in [5.74, 6) is 0.671. The van der Waals surface area contributed by atoms with E-state index in [-0.39, 0.29) is 11.6 Å². The van der Waals surface area contributed by atoms with Gasteiger partial charge in [-0.1, -0.05) is 5.16 Å². The quantitative estimate of drug-likeness (QED) is 0.729. The van der Waals surface area contributed by atoms with Crippen LogP contribution >= 0.6 is 0 Å². The summed E-state index contributed by atoms with van der Waals surface area (Å²) < 4.78 is 10.2. The molecule has 0 radical (unpaired) electrons. The molecule has 2 aromatic rings. The van der Waals surface area contributed by atoms with Gasteiger partial charge in [-0.15, -0.1) is 5.53 Å². The molecule has 3 rings (SSSR count). The average molecular weight is 275 g/mol.